The van der Waals surface area contributed by atoms with Crippen LogP contribution in [0.15, 0.2) is 41.3 Å². The summed E-state index contributed by atoms with van der Waals surface area (Å²) in [6, 6.07) is 9.62. The molecule has 0 radical (unpaired) electrons. The molecule has 0 unspecified atom stereocenters. The van der Waals surface area contributed by atoms with Crippen molar-refractivity contribution >= 4 is 5.91 Å². The summed E-state index contributed by atoms with van der Waals surface area (Å²) in [5, 5.41) is 2.80. The highest BCUT2D eigenvalue weighted by molar-refractivity contribution is 5.78. The zero-order valence-corrected chi connectivity index (χ0v) is 17.0. The lowest BCUT2D eigenvalue weighted by molar-refractivity contribution is -0.120. The smallest absolute Gasteiger partial charge is 0.254 e. The summed E-state index contributed by atoms with van der Waals surface area (Å²) in [6.45, 7) is 7.73. The van der Waals surface area contributed by atoms with E-state index in [1.54, 1.807) is 26.1 Å². The van der Waals surface area contributed by atoms with Gasteiger partial charge in [-0.1, -0.05) is 18.2 Å². The Hall–Kier alpha value is -3.48. The van der Waals surface area contributed by atoms with E-state index in [1.165, 1.54) is 0 Å². The number of aromatic nitrogens is 3. The molecule has 2 heterocycles. The van der Waals surface area contributed by atoms with Gasteiger partial charge in [0.25, 0.3) is 5.56 Å². The highest BCUT2D eigenvalue weighted by atomic mass is 16.5. The first kappa shape index (κ1) is 20.3. The van der Waals surface area contributed by atoms with Gasteiger partial charge in [0, 0.05) is 30.1 Å². The maximum atomic E-state index is 12.2. The summed E-state index contributed by atoms with van der Waals surface area (Å²) in [5.74, 6) is 1.54. The predicted molar refractivity (Wildman–Crippen MR) is 110 cm³/mol. The van der Waals surface area contributed by atoms with Crippen molar-refractivity contribution in [3.63, 3.8) is 0 Å². The van der Waals surface area contributed by atoms with Crippen molar-refractivity contribution in [1.29, 1.82) is 0 Å². The Balaban J connectivity index is 1.58. The van der Waals surface area contributed by atoms with Gasteiger partial charge >= 0.3 is 0 Å². The number of H-pyrrole nitrogens is 1. The number of carbonyl (C=O) groups is 1. The van der Waals surface area contributed by atoms with Gasteiger partial charge in [0.1, 0.15) is 11.6 Å². The average Bonchev–Trinajstić information content (AvgIpc) is 2.67. The Morgan fingerprint density at radius 2 is 1.93 bits per heavy atom. The van der Waals surface area contributed by atoms with Gasteiger partial charge in [-0.25, -0.2) is 9.97 Å². The molecule has 0 bridgehead atoms. The number of hydrogen-bond acceptors (Lipinski definition) is 5. The number of aryl methyl sites for hydroxylation is 4. The van der Waals surface area contributed by atoms with E-state index in [0.717, 1.165) is 22.4 Å². The van der Waals surface area contributed by atoms with Crippen LogP contribution in [0.25, 0.3) is 0 Å². The van der Waals surface area contributed by atoms with Crippen molar-refractivity contribution < 1.29 is 9.53 Å². The molecule has 7 nitrogen and oxygen atoms in total. The van der Waals surface area contributed by atoms with Crippen LogP contribution in [0.1, 0.15) is 33.8 Å². The third-order valence-corrected chi connectivity index (χ3v) is 4.52. The number of benzene rings is 1. The van der Waals surface area contributed by atoms with Crippen LogP contribution in [0.4, 0.5) is 0 Å². The van der Waals surface area contributed by atoms with Gasteiger partial charge in [0.2, 0.25) is 11.8 Å². The highest BCUT2D eigenvalue weighted by Gasteiger charge is 2.12. The molecule has 3 aromatic rings. The van der Waals surface area contributed by atoms with Gasteiger partial charge in [-0.3, -0.25) is 9.59 Å². The van der Waals surface area contributed by atoms with Crippen molar-refractivity contribution in [2.24, 2.45) is 0 Å². The maximum absolute atomic E-state index is 12.2. The second kappa shape index (κ2) is 8.68. The van der Waals surface area contributed by atoms with E-state index in [-0.39, 0.29) is 17.9 Å². The van der Waals surface area contributed by atoms with Crippen LogP contribution in [0.2, 0.25) is 0 Å². The Kier molecular flexibility index (Phi) is 6.07. The predicted octanol–water partition coefficient (Wildman–Crippen LogP) is 3.05. The number of aromatic amines is 1. The fourth-order valence-corrected chi connectivity index (χ4v) is 2.89. The van der Waals surface area contributed by atoms with Crippen LogP contribution in [-0.2, 0) is 17.8 Å². The number of nitrogens with one attached hydrogen (secondary N) is 2. The molecule has 0 saturated carbocycles. The number of ether oxygens (including phenoxy) is 1. The van der Waals surface area contributed by atoms with Gasteiger partial charge in [-0.15, -0.1) is 0 Å². The summed E-state index contributed by atoms with van der Waals surface area (Å²) >= 11 is 0. The van der Waals surface area contributed by atoms with Crippen LogP contribution in [0, 0.1) is 27.7 Å². The SMILES string of the molecule is Cc1ccc(C)c(Oc2ccc(CNC(=O)Cc3c(C)nc(C)[nH]c3=O)cn2)c1. The lowest BCUT2D eigenvalue weighted by Crippen LogP contribution is -2.29. The molecule has 2 N–H and O–H groups in total. The molecule has 0 aliphatic rings. The van der Waals surface area contributed by atoms with Crippen molar-refractivity contribution in [2.75, 3.05) is 0 Å². The molecular weight excluding hydrogens is 368 g/mol. The third kappa shape index (κ3) is 5.28. The van der Waals surface area contributed by atoms with Crippen LogP contribution in [0.3, 0.4) is 0 Å². The Morgan fingerprint density at radius 1 is 1.14 bits per heavy atom. The molecule has 150 valence electrons. The van der Waals surface area contributed by atoms with Crippen LogP contribution >= 0.6 is 0 Å². The molecule has 29 heavy (non-hydrogen) atoms. The summed E-state index contributed by atoms with van der Waals surface area (Å²) in [7, 11) is 0. The molecule has 0 fully saturated rings. The topological polar surface area (TPSA) is 97.0 Å². The highest BCUT2D eigenvalue weighted by Crippen LogP contribution is 2.24. The van der Waals surface area contributed by atoms with E-state index in [0.29, 0.717) is 29.5 Å². The second-order valence-electron chi connectivity index (χ2n) is 7.04. The molecule has 2 aromatic heterocycles. The first-order valence-electron chi connectivity index (χ1n) is 9.35. The summed E-state index contributed by atoms with van der Waals surface area (Å²) in [6.07, 6.45) is 1.64. The van der Waals surface area contributed by atoms with Gasteiger partial charge < -0.3 is 15.0 Å². The third-order valence-electron chi connectivity index (χ3n) is 4.52. The molecule has 3 rings (SSSR count). The molecule has 7 heteroatoms. The number of carbonyl (C=O) groups excluding carboxylic acids is 1. The monoisotopic (exact) mass is 392 g/mol. The lowest BCUT2D eigenvalue weighted by Gasteiger charge is -2.10. The van der Waals surface area contributed by atoms with E-state index in [2.05, 4.69) is 20.3 Å². The zero-order chi connectivity index (χ0) is 21.0. The maximum Gasteiger partial charge on any atom is 0.254 e. The lowest BCUT2D eigenvalue weighted by atomic mass is 10.1. The minimum absolute atomic E-state index is 0.0181. The Morgan fingerprint density at radius 3 is 2.62 bits per heavy atom. The molecule has 0 spiro atoms. The standard InChI is InChI=1S/C22H24N4O3/c1-13-5-6-14(2)19(9-13)29-21-8-7-17(12-24-21)11-23-20(27)10-18-15(3)25-16(4)26-22(18)28/h5-9,12H,10-11H2,1-4H3,(H,23,27)(H,25,26,28). The minimum atomic E-state index is -0.278. The molecule has 1 aromatic carbocycles. The molecule has 0 aliphatic carbocycles. The summed E-state index contributed by atoms with van der Waals surface area (Å²) < 4.78 is 5.84. The van der Waals surface area contributed by atoms with E-state index < -0.39 is 0 Å². The molecule has 0 saturated heterocycles. The fraction of sp³-hybridized carbons (Fsp3) is 0.273. The molecular formula is C22H24N4O3. The quantitative estimate of drug-likeness (QED) is 0.672. The van der Waals surface area contributed by atoms with Gasteiger partial charge in [0.05, 0.1) is 6.42 Å². The van der Waals surface area contributed by atoms with E-state index >= 15 is 0 Å². The van der Waals surface area contributed by atoms with Crippen molar-refractivity contribution in [1.82, 2.24) is 20.3 Å². The van der Waals surface area contributed by atoms with Gasteiger partial charge in [0.15, 0.2) is 0 Å². The largest absolute Gasteiger partial charge is 0.439 e. The van der Waals surface area contributed by atoms with Crippen LogP contribution in [-0.4, -0.2) is 20.9 Å². The molecule has 0 atom stereocenters. The first-order chi connectivity index (χ1) is 13.8. The number of pyridine rings is 1. The van der Waals surface area contributed by atoms with Crippen molar-refractivity contribution in [3.05, 3.63) is 80.7 Å². The zero-order valence-electron chi connectivity index (χ0n) is 17.0. The number of amides is 1. The fourth-order valence-electron chi connectivity index (χ4n) is 2.89. The summed E-state index contributed by atoms with van der Waals surface area (Å²) in [5.41, 5.74) is 3.64. The normalized spacial score (nSPS) is 10.6. The first-order valence-corrected chi connectivity index (χ1v) is 9.35. The van der Waals surface area contributed by atoms with E-state index in [4.69, 9.17) is 4.74 Å². The van der Waals surface area contributed by atoms with Crippen molar-refractivity contribution in [3.8, 4) is 11.6 Å². The van der Waals surface area contributed by atoms with Gasteiger partial charge in [-0.05, 0) is 50.5 Å². The van der Waals surface area contributed by atoms with E-state index in [1.807, 2.05) is 38.1 Å². The summed E-state index contributed by atoms with van der Waals surface area (Å²) in [4.78, 5) is 35.3. The number of rotatable bonds is 6. The molecule has 0 aliphatic heterocycles. The molecule has 1 amide bonds. The minimum Gasteiger partial charge on any atom is -0.439 e. The number of hydrogen-bond donors (Lipinski definition) is 2. The second-order valence-corrected chi connectivity index (χ2v) is 7.04. The average molecular weight is 392 g/mol. The number of nitrogens with zero attached hydrogens (tertiary/aromatic N) is 2. The van der Waals surface area contributed by atoms with E-state index in [9.17, 15) is 9.59 Å². The van der Waals surface area contributed by atoms with Crippen LogP contribution in [0.5, 0.6) is 11.6 Å². The Bertz CT molecular complexity index is 1090. The van der Waals surface area contributed by atoms with Gasteiger partial charge in [-0.2, -0.15) is 0 Å². The van der Waals surface area contributed by atoms with Crippen LogP contribution < -0.4 is 15.6 Å². The van der Waals surface area contributed by atoms with Crippen molar-refractivity contribution in [2.45, 2.75) is 40.7 Å². The Labute approximate surface area is 169 Å².